The van der Waals surface area contributed by atoms with Gasteiger partial charge in [-0.05, 0) is 42.8 Å². The van der Waals surface area contributed by atoms with E-state index in [2.05, 4.69) is 15.9 Å². The van der Waals surface area contributed by atoms with Gasteiger partial charge in [0.1, 0.15) is 5.69 Å². The van der Waals surface area contributed by atoms with E-state index in [0.717, 1.165) is 27.5 Å². The molecule has 3 heterocycles. The topological polar surface area (TPSA) is 67.6 Å². The first-order valence-corrected chi connectivity index (χ1v) is 14.1. The molecule has 4 aromatic rings. The molecular weight excluding hydrogens is 596 g/mol. The van der Waals surface area contributed by atoms with Gasteiger partial charge in [0, 0.05) is 17.1 Å². The van der Waals surface area contributed by atoms with Crippen molar-refractivity contribution in [2.24, 2.45) is 7.05 Å². The second-order valence-corrected chi connectivity index (χ2v) is 11.7. The van der Waals surface area contributed by atoms with E-state index in [0.29, 0.717) is 29.1 Å². The van der Waals surface area contributed by atoms with Crippen molar-refractivity contribution in [1.82, 2.24) is 9.36 Å². The number of aromatic nitrogens is 2. The minimum atomic E-state index is -0.480. The molecule has 0 unspecified atom stereocenters. The van der Waals surface area contributed by atoms with E-state index in [1.807, 2.05) is 78.9 Å². The first-order chi connectivity index (χ1) is 18.8. The Labute approximate surface area is 242 Å². The van der Waals surface area contributed by atoms with Gasteiger partial charge in [-0.25, -0.2) is 4.68 Å². The highest BCUT2D eigenvalue weighted by Gasteiger charge is 2.44. The van der Waals surface area contributed by atoms with Gasteiger partial charge in [-0.1, -0.05) is 88.4 Å². The normalized spacial score (nSPS) is 16.9. The molecule has 2 aliphatic rings. The number of para-hydroxylation sites is 1. The van der Waals surface area contributed by atoms with Crippen LogP contribution in [-0.4, -0.2) is 25.5 Å². The minimum Gasteiger partial charge on any atom is -0.303 e. The molecule has 3 aromatic carbocycles. The Balaban J connectivity index is 1.47. The van der Waals surface area contributed by atoms with Gasteiger partial charge < -0.3 is 4.90 Å². The number of carbonyl (C=O) groups is 2. The number of anilines is 2. The van der Waals surface area contributed by atoms with Crippen LogP contribution < -0.4 is 15.4 Å². The van der Waals surface area contributed by atoms with E-state index in [-0.39, 0.29) is 26.4 Å². The van der Waals surface area contributed by atoms with Crippen LogP contribution in [0.3, 0.4) is 0 Å². The molecule has 0 radical (unpaired) electrons. The van der Waals surface area contributed by atoms with Gasteiger partial charge in [-0.15, -0.1) is 0 Å². The van der Waals surface area contributed by atoms with Crippen LogP contribution in [-0.2, 0) is 23.2 Å². The first kappa shape index (κ1) is 25.5. The molecule has 0 saturated carbocycles. The van der Waals surface area contributed by atoms with E-state index in [1.54, 1.807) is 23.6 Å². The van der Waals surface area contributed by atoms with Crippen molar-refractivity contribution in [3.8, 4) is 5.69 Å². The third-order valence-electron chi connectivity index (χ3n) is 6.91. The largest absolute Gasteiger partial charge is 0.303 e. The number of thioether (sulfide) groups is 1. The van der Waals surface area contributed by atoms with Crippen LogP contribution >= 0.6 is 39.9 Å². The fourth-order valence-corrected chi connectivity index (χ4v) is 6.67. The van der Waals surface area contributed by atoms with Gasteiger partial charge in [0.05, 0.1) is 34.1 Å². The molecule has 10 heteroatoms. The maximum absolute atomic E-state index is 14.0. The Kier molecular flexibility index (Phi) is 6.41. The lowest BCUT2D eigenvalue weighted by Gasteiger charge is -2.17. The Morgan fingerprint density at radius 1 is 0.897 bits per heavy atom. The van der Waals surface area contributed by atoms with Crippen molar-refractivity contribution < 1.29 is 9.59 Å². The summed E-state index contributed by atoms with van der Waals surface area (Å²) in [4.78, 5) is 44.7. The van der Waals surface area contributed by atoms with Crippen molar-refractivity contribution in [2.75, 3.05) is 9.80 Å². The van der Waals surface area contributed by atoms with Crippen molar-refractivity contribution in [3.63, 3.8) is 0 Å². The average molecular weight is 618 g/mol. The van der Waals surface area contributed by atoms with E-state index in [4.69, 9.17) is 12.2 Å². The number of rotatable bonds is 4. The van der Waals surface area contributed by atoms with Crippen LogP contribution in [0.25, 0.3) is 11.3 Å². The third-order valence-corrected chi connectivity index (χ3v) is 8.77. The van der Waals surface area contributed by atoms with Crippen molar-refractivity contribution in [3.05, 3.63) is 115 Å². The summed E-state index contributed by atoms with van der Waals surface area (Å²) in [6.07, 6.45) is 0. The number of fused-ring (bicyclic) bond motifs is 1. The molecule has 2 amide bonds. The van der Waals surface area contributed by atoms with Gasteiger partial charge in [0.2, 0.25) is 0 Å². The fourth-order valence-electron chi connectivity index (χ4n) is 4.97. The molecule has 0 aliphatic carbocycles. The summed E-state index contributed by atoms with van der Waals surface area (Å²) in [5.41, 5.74) is 3.69. The predicted octanol–water partition coefficient (Wildman–Crippen LogP) is 5.57. The van der Waals surface area contributed by atoms with Crippen molar-refractivity contribution in [1.29, 1.82) is 0 Å². The van der Waals surface area contributed by atoms with E-state index < -0.39 is 5.91 Å². The highest BCUT2D eigenvalue weighted by Crippen LogP contribution is 2.46. The van der Waals surface area contributed by atoms with Crippen LogP contribution in [0.4, 0.5) is 11.4 Å². The maximum Gasteiger partial charge on any atom is 0.296 e. The standard InChI is InChI=1S/C29H21BrN4O3S2/c1-17-24(27(36)34(31(17)2)20-11-7-4-8-12-20)33-28(37)25(39-29(33)38)23-21-15-19(30)13-14-22(21)32(26(23)35)16-18-9-5-3-6-10-18/h3-15H,16H2,1-2H3. The van der Waals surface area contributed by atoms with Gasteiger partial charge in [-0.3, -0.25) is 24.0 Å². The zero-order valence-electron chi connectivity index (χ0n) is 20.9. The Morgan fingerprint density at radius 2 is 1.56 bits per heavy atom. The summed E-state index contributed by atoms with van der Waals surface area (Å²) in [5.74, 6) is -0.759. The zero-order chi connectivity index (χ0) is 27.4. The first-order valence-electron chi connectivity index (χ1n) is 12.1. The number of nitrogens with zero attached hydrogens (tertiary/aromatic N) is 4. The van der Waals surface area contributed by atoms with E-state index in [1.165, 1.54) is 9.58 Å². The molecule has 0 N–H and O–H groups in total. The summed E-state index contributed by atoms with van der Waals surface area (Å²) in [6, 6.07) is 24.5. The smallest absolute Gasteiger partial charge is 0.296 e. The van der Waals surface area contributed by atoms with Crippen LogP contribution in [0.1, 0.15) is 16.8 Å². The van der Waals surface area contributed by atoms with Crippen LogP contribution in [0, 0.1) is 6.92 Å². The van der Waals surface area contributed by atoms with Gasteiger partial charge in [-0.2, -0.15) is 0 Å². The molecule has 0 bridgehead atoms. The summed E-state index contributed by atoms with van der Waals surface area (Å²) in [5, 5.41) is 0. The number of benzene rings is 3. The highest BCUT2D eigenvalue weighted by molar-refractivity contribution is 9.10. The number of hydrogen-bond acceptors (Lipinski definition) is 5. The third kappa shape index (κ3) is 4.10. The Hall–Kier alpha value is -3.73. The SMILES string of the molecule is Cc1c(N2C(=O)C(=C3C(=O)N(Cc4ccccc4)c4ccc(Br)cc43)SC2=S)c(=O)n(-c2ccccc2)n1C. The molecule has 0 atom stereocenters. The van der Waals surface area contributed by atoms with Crippen LogP contribution in [0.5, 0.6) is 0 Å². The maximum atomic E-state index is 14.0. The van der Waals surface area contributed by atoms with Crippen molar-refractivity contribution >= 4 is 73.0 Å². The summed E-state index contributed by atoms with van der Waals surface area (Å²) in [6.45, 7) is 2.13. The summed E-state index contributed by atoms with van der Waals surface area (Å²) in [7, 11) is 1.76. The average Bonchev–Trinajstić information content (AvgIpc) is 3.45. The summed E-state index contributed by atoms with van der Waals surface area (Å²) < 4.78 is 4.20. The van der Waals surface area contributed by atoms with E-state index >= 15 is 0 Å². The van der Waals surface area contributed by atoms with Crippen molar-refractivity contribution in [2.45, 2.75) is 13.5 Å². The number of halogens is 1. The molecule has 1 saturated heterocycles. The molecule has 1 fully saturated rings. The molecule has 39 heavy (non-hydrogen) atoms. The molecule has 7 nitrogen and oxygen atoms in total. The minimum absolute atomic E-state index is 0.181. The lowest BCUT2D eigenvalue weighted by atomic mass is 10.1. The molecule has 1 aromatic heterocycles. The molecular formula is C29H21BrN4O3S2. The second-order valence-electron chi connectivity index (χ2n) is 9.16. The Bertz CT molecular complexity index is 1780. The molecule has 0 spiro atoms. The number of carbonyl (C=O) groups excluding carboxylic acids is 2. The van der Waals surface area contributed by atoms with Gasteiger partial charge in [0.15, 0.2) is 4.32 Å². The quantitative estimate of drug-likeness (QED) is 0.221. The molecule has 6 rings (SSSR count). The van der Waals surface area contributed by atoms with Crippen LogP contribution in [0.15, 0.2) is 93.0 Å². The predicted molar refractivity (Wildman–Crippen MR) is 162 cm³/mol. The lowest BCUT2D eigenvalue weighted by molar-refractivity contribution is -0.115. The number of amides is 2. The zero-order valence-corrected chi connectivity index (χ0v) is 24.1. The Morgan fingerprint density at radius 3 is 2.26 bits per heavy atom. The van der Waals surface area contributed by atoms with E-state index in [9.17, 15) is 14.4 Å². The highest BCUT2D eigenvalue weighted by atomic mass is 79.9. The summed E-state index contributed by atoms with van der Waals surface area (Å²) >= 11 is 10.2. The van der Waals surface area contributed by atoms with Gasteiger partial charge in [0.25, 0.3) is 17.4 Å². The lowest BCUT2D eigenvalue weighted by Crippen LogP contribution is -2.33. The monoisotopic (exact) mass is 616 g/mol. The molecule has 2 aliphatic heterocycles. The molecule has 194 valence electrons. The van der Waals surface area contributed by atoms with Gasteiger partial charge >= 0.3 is 0 Å². The second kappa shape index (κ2) is 9.78. The fraction of sp³-hybridized carbons (Fsp3) is 0.103. The number of hydrogen-bond donors (Lipinski definition) is 0. The number of thiocarbonyl (C=S) groups is 1. The van der Waals surface area contributed by atoms with Crippen LogP contribution in [0.2, 0.25) is 0 Å².